The number of amides is 1. The minimum atomic E-state index is -0.308. The summed E-state index contributed by atoms with van der Waals surface area (Å²) in [6.45, 7) is 0.556. The largest absolute Gasteiger partial charge is 0.393 e. The van der Waals surface area contributed by atoms with Gasteiger partial charge in [-0.25, -0.2) is 4.39 Å². The molecule has 1 saturated carbocycles. The van der Waals surface area contributed by atoms with Gasteiger partial charge in [-0.05, 0) is 55.5 Å². The van der Waals surface area contributed by atoms with Crippen LogP contribution in [0.3, 0.4) is 0 Å². The van der Waals surface area contributed by atoms with Crippen LogP contribution in [-0.2, 0) is 0 Å². The molecule has 6 heteroatoms. The van der Waals surface area contributed by atoms with Gasteiger partial charge < -0.3 is 10.4 Å². The SMILES string of the molecule is O=C(NCC1CCCC(O)C1)c1cc(-c2ccc(F)cc2)n[nH]1. The maximum atomic E-state index is 12.9. The summed E-state index contributed by atoms with van der Waals surface area (Å²) in [5.74, 6) is -0.204. The lowest BCUT2D eigenvalue weighted by atomic mass is 9.87. The van der Waals surface area contributed by atoms with E-state index >= 15 is 0 Å². The van der Waals surface area contributed by atoms with E-state index < -0.39 is 0 Å². The molecule has 2 aromatic rings. The van der Waals surface area contributed by atoms with Crippen molar-refractivity contribution in [3.05, 3.63) is 41.8 Å². The molecule has 5 nitrogen and oxygen atoms in total. The van der Waals surface area contributed by atoms with Crippen LogP contribution in [0.5, 0.6) is 0 Å². The Kier molecular flexibility index (Phi) is 4.71. The van der Waals surface area contributed by atoms with Crippen molar-refractivity contribution in [3.63, 3.8) is 0 Å². The summed E-state index contributed by atoms with van der Waals surface area (Å²) >= 11 is 0. The van der Waals surface area contributed by atoms with Crippen molar-refractivity contribution in [2.24, 2.45) is 5.92 Å². The van der Waals surface area contributed by atoms with E-state index in [0.29, 0.717) is 23.9 Å². The average Bonchev–Trinajstić information content (AvgIpc) is 3.03. The molecular weight excluding hydrogens is 297 g/mol. The third kappa shape index (κ3) is 3.96. The fourth-order valence-corrected chi connectivity index (χ4v) is 2.99. The van der Waals surface area contributed by atoms with Crippen molar-refractivity contribution in [2.75, 3.05) is 6.54 Å². The molecule has 3 rings (SSSR count). The van der Waals surface area contributed by atoms with Crippen molar-refractivity contribution >= 4 is 5.91 Å². The number of nitrogens with one attached hydrogen (secondary N) is 2. The molecule has 2 unspecified atom stereocenters. The molecule has 1 aromatic carbocycles. The predicted molar refractivity (Wildman–Crippen MR) is 84.3 cm³/mol. The van der Waals surface area contributed by atoms with Crippen molar-refractivity contribution in [2.45, 2.75) is 31.8 Å². The predicted octanol–water partition coefficient (Wildman–Crippen LogP) is 2.50. The van der Waals surface area contributed by atoms with Gasteiger partial charge in [-0.2, -0.15) is 5.10 Å². The van der Waals surface area contributed by atoms with Gasteiger partial charge in [0.05, 0.1) is 11.8 Å². The fourth-order valence-electron chi connectivity index (χ4n) is 2.99. The van der Waals surface area contributed by atoms with E-state index in [-0.39, 0.29) is 17.8 Å². The number of carbonyl (C=O) groups is 1. The van der Waals surface area contributed by atoms with E-state index in [2.05, 4.69) is 15.5 Å². The number of aromatic nitrogens is 2. The first-order valence-electron chi connectivity index (χ1n) is 7.89. The Balaban J connectivity index is 1.59. The van der Waals surface area contributed by atoms with Gasteiger partial charge in [-0.15, -0.1) is 0 Å². The van der Waals surface area contributed by atoms with Gasteiger partial charge in [0, 0.05) is 12.1 Å². The molecule has 1 aromatic heterocycles. The minimum Gasteiger partial charge on any atom is -0.393 e. The number of halogens is 1. The van der Waals surface area contributed by atoms with Crippen LogP contribution in [0, 0.1) is 11.7 Å². The standard InChI is InChI=1S/C17H20FN3O2/c18-13-6-4-12(5-7-13)15-9-16(21-20-15)17(23)19-10-11-2-1-3-14(22)8-11/h4-7,9,11,14,22H,1-3,8,10H2,(H,19,23)(H,20,21). The van der Waals surface area contributed by atoms with Gasteiger partial charge in [-0.3, -0.25) is 9.89 Å². The molecule has 0 saturated heterocycles. The number of H-pyrrole nitrogens is 1. The lowest BCUT2D eigenvalue weighted by molar-refractivity contribution is 0.0870. The summed E-state index contributed by atoms with van der Waals surface area (Å²) in [6, 6.07) is 7.61. The van der Waals surface area contributed by atoms with Gasteiger partial charge in [0.15, 0.2) is 0 Å². The molecule has 1 fully saturated rings. The quantitative estimate of drug-likeness (QED) is 0.811. The lowest BCUT2D eigenvalue weighted by Crippen LogP contribution is -2.33. The number of rotatable bonds is 4. The highest BCUT2D eigenvalue weighted by atomic mass is 19.1. The number of aromatic amines is 1. The van der Waals surface area contributed by atoms with Crippen LogP contribution >= 0.6 is 0 Å². The average molecular weight is 317 g/mol. The summed E-state index contributed by atoms with van der Waals surface area (Å²) < 4.78 is 12.9. The summed E-state index contributed by atoms with van der Waals surface area (Å²) in [5.41, 5.74) is 1.72. The first kappa shape index (κ1) is 15.7. The van der Waals surface area contributed by atoms with Crippen molar-refractivity contribution in [1.29, 1.82) is 0 Å². The fraction of sp³-hybridized carbons (Fsp3) is 0.412. The number of aliphatic hydroxyl groups is 1. The summed E-state index contributed by atoms with van der Waals surface area (Å²) in [6.07, 6.45) is 3.38. The van der Waals surface area contributed by atoms with Gasteiger partial charge >= 0.3 is 0 Å². The maximum absolute atomic E-state index is 12.9. The van der Waals surface area contributed by atoms with E-state index in [0.717, 1.165) is 31.2 Å². The normalized spacial score (nSPS) is 21.1. The Hall–Kier alpha value is -2.21. The molecule has 122 valence electrons. The molecule has 0 aliphatic heterocycles. The first-order chi connectivity index (χ1) is 11.1. The van der Waals surface area contributed by atoms with Crippen LogP contribution < -0.4 is 5.32 Å². The second-order valence-corrected chi connectivity index (χ2v) is 6.07. The molecule has 1 heterocycles. The van der Waals surface area contributed by atoms with Crippen molar-refractivity contribution in [1.82, 2.24) is 15.5 Å². The smallest absolute Gasteiger partial charge is 0.269 e. The highest BCUT2D eigenvalue weighted by Crippen LogP contribution is 2.23. The zero-order valence-electron chi connectivity index (χ0n) is 12.8. The molecule has 0 bridgehead atoms. The number of nitrogens with zero attached hydrogens (tertiary/aromatic N) is 1. The van der Waals surface area contributed by atoms with Crippen LogP contribution in [0.2, 0.25) is 0 Å². The summed E-state index contributed by atoms with van der Waals surface area (Å²) in [5, 5.41) is 19.3. The molecule has 3 N–H and O–H groups in total. The number of hydrogen-bond donors (Lipinski definition) is 3. The topological polar surface area (TPSA) is 78.0 Å². The zero-order valence-corrected chi connectivity index (χ0v) is 12.8. The van der Waals surface area contributed by atoms with E-state index in [1.54, 1.807) is 18.2 Å². The van der Waals surface area contributed by atoms with Gasteiger partial charge in [0.2, 0.25) is 0 Å². The molecule has 1 aliphatic carbocycles. The maximum Gasteiger partial charge on any atom is 0.269 e. The van der Waals surface area contributed by atoms with Crippen LogP contribution in [-0.4, -0.2) is 33.9 Å². The number of carbonyl (C=O) groups excluding carboxylic acids is 1. The Morgan fingerprint density at radius 2 is 2.13 bits per heavy atom. The third-order valence-electron chi connectivity index (χ3n) is 4.27. The van der Waals surface area contributed by atoms with E-state index in [1.807, 2.05) is 0 Å². The van der Waals surface area contributed by atoms with Crippen molar-refractivity contribution in [3.8, 4) is 11.3 Å². The monoisotopic (exact) mass is 317 g/mol. The highest BCUT2D eigenvalue weighted by molar-refractivity contribution is 5.93. The second kappa shape index (κ2) is 6.91. The lowest BCUT2D eigenvalue weighted by Gasteiger charge is -2.25. The van der Waals surface area contributed by atoms with E-state index in [4.69, 9.17) is 0 Å². The second-order valence-electron chi connectivity index (χ2n) is 6.07. The van der Waals surface area contributed by atoms with Gasteiger partial charge in [0.1, 0.15) is 11.5 Å². The van der Waals surface area contributed by atoms with Crippen molar-refractivity contribution < 1.29 is 14.3 Å². The van der Waals surface area contributed by atoms with Gasteiger partial charge in [0.25, 0.3) is 5.91 Å². The summed E-state index contributed by atoms with van der Waals surface area (Å²) in [4.78, 5) is 12.2. The van der Waals surface area contributed by atoms with E-state index in [1.165, 1.54) is 12.1 Å². The molecular formula is C17H20FN3O2. The van der Waals surface area contributed by atoms with E-state index in [9.17, 15) is 14.3 Å². The van der Waals surface area contributed by atoms with Gasteiger partial charge in [-0.1, -0.05) is 6.42 Å². The third-order valence-corrected chi connectivity index (χ3v) is 4.27. The first-order valence-corrected chi connectivity index (χ1v) is 7.89. The number of aliphatic hydroxyl groups excluding tert-OH is 1. The van der Waals surface area contributed by atoms with Crippen LogP contribution in [0.25, 0.3) is 11.3 Å². The Bertz CT molecular complexity index is 669. The zero-order chi connectivity index (χ0) is 16.2. The number of benzene rings is 1. The molecule has 1 amide bonds. The minimum absolute atomic E-state index is 0.217. The molecule has 0 radical (unpaired) electrons. The Morgan fingerprint density at radius 1 is 1.35 bits per heavy atom. The molecule has 1 aliphatic rings. The molecule has 0 spiro atoms. The Labute approximate surface area is 133 Å². The molecule has 2 atom stereocenters. The highest BCUT2D eigenvalue weighted by Gasteiger charge is 2.21. The summed E-state index contributed by atoms with van der Waals surface area (Å²) in [7, 11) is 0. The number of hydrogen-bond acceptors (Lipinski definition) is 3. The Morgan fingerprint density at radius 3 is 2.87 bits per heavy atom. The molecule has 23 heavy (non-hydrogen) atoms. The van der Waals surface area contributed by atoms with Crippen LogP contribution in [0.1, 0.15) is 36.2 Å². The van der Waals surface area contributed by atoms with Crippen LogP contribution in [0.15, 0.2) is 30.3 Å². The van der Waals surface area contributed by atoms with Crippen LogP contribution in [0.4, 0.5) is 4.39 Å².